The van der Waals surface area contributed by atoms with Crippen molar-refractivity contribution in [3.63, 3.8) is 0 Å². The van der Waals surface area contributed by atoms with Crippen LogP contribution in [0, 0.1) is 11.8 Å². The van der Waals surface area contributed by atoms with Crippen molar-refractivity contribution >= 4 is 0 Å². The second-order valence-corrected chi connectivity index (χ2v) is 6.68. The minimum Gasteiger partial charge on any atom is -1.00 e. The number of likely N-dealkylation sites (tertiary alicyclic amines) is 1. The fourth-order valence-corrected chi connectivity index (χ4v) is 3.28. The second kappa shape index (κ2) is 7.98. The topological polar surface area (TPSA) is 20.2 Å². The monoisotopic (exact) mass is 385 g/mol. The van der Waals surface area contributed by atoms with Crippen molar-refractivity contribution in [2.24, 2.45) is 0 Å². The van der Waals surface area contributed by atoms with Gasteiger partial charge in [-0.1, -0.05) is 66.6 Å². The third kappa shape index (κ3) is 4.08. The predicted molar refractivity (Wildman–Crippen MR) is 93.7 cm³/mol. The Kier molecular flexibility index (Phi) is 6.23. The van der Waals surface area contributed by atoms with Crippen molar-refractivity contribution in [1.82, 2.24) is 0 Å². The van der Waals surface area contributed by atoms with Crippen LogP contribution < -0.4 is 17.0 Å². The van der Waals surface area contributed by atoms with Gasteiger partial charge >= 0.3 is 0 Å². The van der Waals surface area contributed by atoms with E-state index in [9.17, 15) is 5.11 Å². The van der Waals surface area contributed by atoms with Gasteiger partial charge < -0.3 is 26.6 Å². The van der Waals surface area contributed by atoms with Gasteiger partial charge in [-0.05, 0) is 5.92 Å². The Hall–Kier alpha value is -1.60. The fraction of sp³-hybridized carbons (Fsp3) is 0.333. The van der Waals surface area contributed by atoms with Crippen molar-refractivity contribution in [3.05, 3.63) is 71.8 Å². The molecule has 1 heterocycles. The average Bonchev–Trinajstić information content (AvgIpc) is 3.03. The summed E-state index contributed by atoms with van der Waals surface area (Å²) < 4.78 is 0.993. The third-order valence-corrected chi connectivity index (χ3v) is 4.76. The molecule has 1 aliphatic heterocycles. The molecule has 0 amide bonds. The summed E-state index contributed by atoms with van der Waals surface area (Å²) in [6, 6.07) is 19.4. The molecule has 1 fully saturated rings. The standard InChI is InChI=1S/C21H24NO.BrH/c1-22(16-8-9-17-22)18-10-15-21(23,19-11-4-2-5-12-19)20-13-6-3-7-14-20;/h2-7,11-14,23H,8-9,16-18H2,1H3;1H/q+1;/p-1. The van der Waals surface area contributed by atoms with E-state index in [0.29, 0.717) is 0 Å². The van der Waals surface area contributed by atoms with E-state index < -0.39 is 5.60 Å². The summed E-state index contributed by atoms with van der Waals surface area (Å²) in [6.45, 7) is 3.16. The Labute approximate surface area is 155 Å². The molecule has 3 rings (SSSR count). The van der Waals surface area contributed by atoms with E-state index in [2.05, 4.69) is 18.9 Å². The minimum absolute atomic E-state index is 0. The zero-order valence-electron chi connectivity index (χ0n) is 14.1. The van der Waals surface area contributed by atoms with Gasteiger partial charge in [-0.2, -0.15) is 0 Å². The van der Waals surface area contributed by atoms with Crippen LogP contribution in [0.15, 0.2) is 60.7 Å². The first-order valence-electron chi connectivity index (χ1n) is 8.29. The lowest BCUT2D eigenvalue weighted by Crippen LogP contribution is -3.00. The lowest BCUT2D eigenvalue weighted by Gasteiger charge is -2.27. The lowest BCUT2D eigenvalue weighted by atomic mass is 9.87. The van der Waals surface area contributed by atoms with Crippen LogP contribution in [0.4, 0.5) is 0 Å². The van der Waals surface area contributed by atoms with Crippen molar-refractivity contribution in [2.75, 3.05) is 26.7 Å². The summed E-state index contributed by atoms with van der Waals surface area (Å²) in [5.74, 6) is 6.45. The summed E-state index contributed by atoms with van der Waals surface area (Å²) in [6.07, 6.45) is 2.56. The number of nitrogens with zero attached hydrogens (tertiary/aromatic N) is 1. The van der Waals surface area contributed by atoms with Crippen LogP contribution in [0.2, 0.25) is 0 Å². The van der Waals surface area contributed by atoms with Gasteiger partial charge in [0.1, 0.15) is 6.54 Å². The minimum atomic E-state index is -1.25. The van der Waals surface area contributed by atoms with Crippen molar-refractivity contribution in [2.45, 2.75) is 18.4 Å². The van der Waals surface area contributed by atoms with Gasteiger partial charge in [-0.3, -0.25) is 0 Å². The molecule has 1 aliphatic rings. The van der Waals surface area contributed by atoms with E-state index in [4.69, 9.17) is 0 Å². The van der Waals surface area contributed by atoms with E-state index >= 15 is 0 Å². The highest BCUT2D eigenvalue weighted by molar-refractivity contribution is 5.44. The molecule has 0 radical (unpaired) electrons. The fourth-order valence-electron chi connectivity index (χ4n) is 3.28. The number of halogens is 1. The molecule has 126 valence electrons. The Morgan fingerprint density at radius 3 is 1.83 bits per heavy atom. The van der Waals surface area contributed by atoms with Crippen molar-refractivity contribution in [3.8, 4) is 11.8 Å². The van der Waals surface area contributed by atoms with Crippen LogP contribution in [-0.4, -0.2) is 36.3 Å². The molecule has 2 nitrogen and oxygen atoms in total. The quantitative estimate of drug-likeness (QED) is 0.589. The van der Waals surface area contributed by atoms with Gasteiger partial charge in [0, 0.05) is 24.0 Å². The molecule has 0 bridgehead atoms. The lowest BCUT2D eigenvalue weighted by molar-refractivity contribution is -0.890. The predicted octanol–water partition coefficient (Wildman–Crippen LogP) is 0.170. The molecule has 0 saturated carbocycles. The van der Waals surface area contributed by atoms with E-state index in [1.165, 1.54) is 25.9 Å². The summed E-state index contributed by atoms with van der Waals surface area (Å²) in [7, 11) is 2.26. The van der Waals surface area contributed by atoms with Crippen LogP contribution in [-0.2, 0) is 5.60 Å². The van der Waals surface area contributed by atoms with Gasteiger partial charge in [0.25, 0.3) is 0 Å². The van der Waals surface area contributed by atoms with Crippen LogP contribution >= 0.6 is 0 Å². The molecule has 0 unspecified atom stereocenters. The normalized spacial score (nSPS) is 15.9. The first-order chi connectivity index (χ1) is 11.1. The number of benzene rings is 2. The maximum atomic E-state index is 11.3. The Balaban J connectivity index is 0.00000208. The molecule has 24 heavy (non-hydrogen) atoms. The molecule has 0 atom stereocenters. The number of hydrogen-bond acceptors (Lipinski definition) is 1. The molecular formula is C21H24BrNO. The molecule has 2 aromatic rings. The van der Waals surface area contributed by atoms with E-state index in [1.807, 2.05) is 60.7 Å². The molecule has 2 aromatic carbocycles. The highest BCUT2D eigenvalue weighted by Crippen LogP contribution is 2.28. The second-order valence-electron chi connectivity index (χ2n) is 6.68. The highest BCUT2D eigenvalue weighted by Gasteiger charge is 2.30. The Bertz CT molecular complexity index is 657. The number of aliphatic hydroxyl groups is 1. The SMILES string of the molecule is C[N+]1(CC#CC(O)(c2ccccc2)c2ccccc2)CCCC1.[Br-]. The maximum Gasteiger partial charge on any atom is 0.177 e. The summed E-state index contributed by atoms with van der Waals surface area (Å²) in [5, 5.41) is 11.3. The summed E-state index contributed by atoms with van der Waals surface area (Å²) in [4.78, 5) is 0. The van der Waals surface area contributed by atoms with Crippen LogP contribution in [0.3, 0.4) is 0 Å². The maximum absolute atomic E-state index is 11.3. The van der Waals surface area contributed by atoms with Gasteiger partial charge in [-0.15, -0.1) is 0 Å². The molecular weight excluding hydrogens is 362 g/mol. The van der Waals surface area contributed by atoms with Crippen molar-refractivity contribution < 1.29 is 26.6 Å². The zero-order valence-corrected chi connectivity index (χ0v) is 15.7. The highest BCUT2D eigenvalue weighted by atomic mass is 79.9. The zero-order chi connectivity index (χ0) is 16.2. The number of quaternary nitrogens is 1. The largest absolute Gasteiger partial charge is 1.00 e. The molecule has 0 spiro atoms. The first-order valence-corrected chi connectivity index (χ1v) is 8.29. The Morgan fingerprint density at radius 2 is 1.38 bits per heavy atom. The molecule has 0 aromatic heterocycles. The van der Waals surface area contributed by atoms with Crippen LogP contribution in [0.25, 0.3) is 0 Å². The van der Waals surface area contributed by atoms with Crippen LogP contribution in [0.5, 0.6) is 0 Å². The summed E-state index contributed by atoms with van der Waals surface area (Å²) >= 11 is 0. The van der Waals surface area contributed by atoms with E-state index in [-0.39, 0.29) is 17.0 Å². The molecule has 1 saturated heterocycles. The molecule has 3 heteroatoms. The number of hydrogen-bond donors (Lipinski definition) is 1. The summed E-state index contributed by atoms with van der Waals surface area (Å²) in [5.41, 5.74) is 0.395. The average molecular weight is 386 g/mol. The molecule has 1 N–H and O–H groups in total. The van der Waals surface area contributed by atoms with Gasteiger partial charge in [-0.25, -0.2) is 0 Å². The van der Waals surface area contributed by atoms with Gasteiger partial charge in [0.2, 0.25) is 0 Å². The third-order valence-electron chi connectivity index (χ3n) is 4.76. The number of rotatable bonds is 3. The van der Waals surface area contributed by atoms with E-state index in [0.717, 1.165) is 22.2 Å². The van der Waals surface area contributed by atoms with E-state index in [1.54, 1.807) is 0 Å². The first kappa shape index (κ1) is 18.7. The Morgan fingerprint density at radius 1 is 0.917 bits per heavy atom. The smallest absolute Gasteiger partial charge is 0.177 e. The van der Waals surface area contributed by atoms with Crippen LogP contribution in [0.1, 0.15) is 24.0 Å². The van der Waals surface area contributed by atoms with Gasteiger partial charge in [0.15, 0.2) is 5.60 Å². The molecule has 0 aliphatic carbocycles. The van der Waals surface area contributed by atoms with Crippen molar-refractivity contribution in [1.29, 1.82) is 0 Å². The van der Waals surface area contributed by atoms with Gasteiger partial charge in [0.05, 0.1) is 20.1 Å².